The Morgan fingerprint density at radius 2 is 2.11 bits per heavy atom. The zero-order valence-corrected chi connectivity index (χ0v) is 10.2. The van der Waals surface area contributed by atoms with Crippen LogP contribution in [0.4, 0.5) is 5.69 Å². The Balaban J connectivity index is 1.93. The van der Waals surface area contributed by atoms with Gasteiger partial charge in [-0.25, -0.2) is 0 Å². The number of nitrogens with two attached hydrogens (primary N) is 1. The van der Waals surface area contributed by atoms with Crippen molar-refractivity contribution in [2.75, 3.05) is 5.32 Å². The molecule has 1 saturated carbocycles. The van der Waals surface area contributed by atoms with Crippen LogP contribution >= 0.6 is 0 Å². The maximum Gasteiger partial charge on any atom is 0.227 e. The number of amides is 1. The van der Waals surface area contributed by atoms with E-state index in [1.807, 2.05) is 24.3 Å². The molecule has 2 rings (SSSR count). The van der Waals surface area contributed by atoms with E-state index >= 15 is 0 Å². The van der Waals surface area contributed by atoms with Crippen LogP contribution in [0, 0.1) is 17.2 Å². The van der Waals surface area contributed by atoms with Crippen molar-refractivity contribution in [3.63, 3.8) is 0 Å². The van der Waals surface area contributed by atoms with Gasteiger partial charge in [0.25, 0.3) is 0 Å². The minimum atomic E-state index is 0.0405. The van der Waals surface area contributed by atoms with Gasteiger partial charge in [-0.1, -0.05) is 12.1 Å². The van der Waals surface area contributed by atoms with E-state index < -0.39 is 0 Å². The zero-order chi connectivity index (χ0) is 13.0. The summed E-state index contributed by atoms with van der Waals surface area (Å²) in [5.41, 5.74) is 7.54. The van der Waals surface area contributed by atoms with Gasteiger partial charge in [-0.05, 0) is 37.0 Å². The summed E-state index contributed by atoms with van der Waals surface area (Å²) in [4.78, 5) is 12.0. The number of nitrogens with one attached hydrogen (secondary N) is 1. The Morgan fingerprint density at radius 3 is 2.67 bits per heavy atom. The van der Waals surface area contributed by atoms with Crippen LogP contribution in [0.5, 0.6) is 0 Å². The molecular weight excluding hydrogens is 226 g/mol. The molecule has 1 fully saturated rings. The molecule has 3 N–H and O–H groups in total. The highest BCUT2D eigenvalue weighted by molar-refractivity contribution is 5.92. The van der Waals surface area contributed by atoms with Gasteiger partial charge in [0.1, 0.15) is 0 Å². The summed E-state index contributed by atoms with van der Waals surface area (Å²) in [6.07, 6.45) is 2.97. The van der Waals surface area contributed by atoms with Crippen LogP contribution in [0.25, 0.3) is 0 Å². The molecule has 18 heavy (non-hydrogen) atoms. The Labute approximate surface area is 107 Å². The third-order valence-corrected chi connectivity index (χ3v) is 3.35. The number of hydrogen-bond acceptors (Lipinski definition) is 3. The topological polar surface area (TPSA) is 78.9 Å². The van der Waals surface area contributed by atoms with Gasteiger partial charge < -0.3 is 11.1 Å². The van der Waals surface area contributed by atoms with Crippen molar-refractivity contribution in [2.24, 2.45) is 11.7 Å². The van der Waals surface area contributed by atoms with Crippen LogP contribution in [0.1, 0.15) is 24.8 Å². The Hall–Kier alpha value is -1.86. The highest BCUT2D eigenvalue weighted by Gasteiger charge is 2.27. The molecule has 1 aliphatic carbocycles. The number of carbonyl (C=O) groups is 1. The summed E-state index contributed by atoms with van der Waals surface area (Å²) in [6.45, 7) is 0. The van der Waals surface area contributed by atoms with Gasteiger partial charge in [-0.2, -0.15) is 5.26 Å². The fraction of sp³-hybridized carbons (Fsp3) is 0.429. The number of nitriles is 1. The van der Waals surface area contributed by atoms with Gasteiger partial charge in [0.2, 0.25) is 5.91 Å². The molecule has 1 aromatic rings. The van der Waals surface area contributed by atoms with Crippen molar-refractivity contribution in [2.45, 2.75) is 31.7 Å². The Morgan fingerprint density at radius 1 is 1.39 bits per heavy atom. The van der Waals surface area contributed by atoms with Crippen LogP contribution in [0.15, 0.2) is 24.3 Å². The lowest BCUT2D eigenvalue weighted by Gasteiger charge is -2.10. The molecule has 2 unspecified atom stereocenters. The lowest BCUT2D eigenvalue weighted by molar-refractivity contribution is -0.119. The van der Waals surface area contributed by atoms with E-state index in [9.17, 15) is 4.79 Å². The quantitative estimate of drug-likeness (QED) is 0.849. The average Bonchev–Trinajstić information content (AvgIpc) is 2.79. The summed E-state index contributed by atoms with van der Waals surface area (Å²) in [5, 5.41) is 11.5. The molecule has 1 amide bonds. The first kappa shape index (κ1) is 12.6. The zero-order valence-electron chi connectivity index (χ0n) is 10.2. The van der Waals surface area contributed by atoms with E-state index in [1.165, 1.54) is 0 Å². The third kappa shape index (κ3) is 3.08. The van der Waals surface area contributed by atoms with Gasteiger partial charge in [-0.15, -0.1) is 0 Å². The van der Waals surface area contributed by atoms with E-state index in [1.54, 1.807) is 0 Å². The van der Waals surface area contributed by atoms with E-state index in [4.69, 9.17) is 11.0 Å². The number of rotatable bonds is 3. The smallest absolute Gasteiger partial charge is 0.227 e. The van der Waals surface area contributed by atoms with Crippen LogP contribution in [0.2, 0.25) is 0 Å². The molecule has 0 spiro atoms. The fourth-order valence-electron chi connectivity index (χ4n) is 2.30. The van der Waals surface area contributed by atoms with E-state index in [0.717, 1.165) is 30.5 Å². The second-order valence-electron chi connectivity index (χ2n) is 4.79. The highest BCUT2D eigenvalue weighted by atomic mass is 16.1. The monoisotopic (exact) mass is 243 g/mol. The number of anilines is 1. The molecule has 0 heterocycles. The van der Waals surface area contributed by atoms with Crippen LogP contribution in [-0.4, -0.2) is 11.9 Å². The van der Waals surface area contributed by atoms with E-state index in [2.05, 4.69) is 11.4 Å². The Kier molecular flexibility index (Phi) is 3.96. The first-order chi connectivity index (χ1) is 8.69. The van der Waals surface area contributed by atoms with Gasteiger partial charge in [-0.3, -0.25) is 4.79 Å². The van der Waals surface area contributed by atoms with Gasteiger partial charge >= 0.3 is 0 Å². The van der Waals surface area contributed by atoms with Gasteiger partial charge in [0.15, 0.2) is 0 Å². The molecule has 2 atom stereocenters. The predicted molar refractivity (Wildman–Crippen MR) is 69.7 cm³/mol. The van der Waals surface area contributed by atoms with Gasteiger partial charge in [0, 0.05) is 17.6 Å². The minimum Gasteiger partial charge on any atom is -0.328 e. The second-order valence-corrected chi connectivity index (χ2v) is 4.79. The lowest BCUT2D eigenvalue weighted by Crippen LogP contribution is -2.23. The second kappa shape index (κ2) is 5.65. The van der Waals surface area contributed by atoms with Crippen molar-refractivity contribution < 1.29 is 4.79 Å². The average molecular weight is 243 g/mol. The molecule has 0 radical (unpaired) electrons. The van der Waals surface area contributed by atoms with E-state index in [-0.39, 0.29) is 17.9 Å². The van der Waals surface area contributed by atoms with Crippen molar-refractivity contribution in [3.8, 4) is 6.07 Å². The molecular formula is C14H17N3O. The van der Waals surface area contributed by atoms with Gasteiger partial charge in [0.05, 0.1) is 12.5 Å². The van der Waals surface area contributed by atoms with Crippen LogP contribution < -0.4 is 11.1 Å². The molecule has 0 bridgehead atoms. The standard InChI is InChI=1S/C14H17N3O/c15-8-7-10-1-5-13(6-2-10)17-14(18)11-3-4-12(16)9-11/h1-2,5-6,11-12H,3-4,7,9,16H2,(H,17,18). The summed E-state index contributed by atoms with van der Waals surface area (Å²) in [6, 6.07) is 9.64. The van der Waals surface area contributed by atoms with Crippen molar-refractivity contribution in [1.29, 1.82) is 5.26 Å². The molecule has 1 aliphatic rings. The van der Waals surface area contributed by atoms with Crippen molar-refractivity contribution in [1.82, 2.24) is 0 Å². The van der Waals surface area contributed by atoms with E-state index in [0.29, 0.717) is 6.42 Å². The molecule has 0 aromatic heterocycles. The summed E-state index contributed by atoms with van der Waals surface area (Å²) in [5.74, 6) is 0.0924. The third-order valence-electron chi connectivity index (χ3n) is 3.35. The summed E-state index contributed by atoms with van der Waals surface area (Å²) in [7, 11) is 0. The largest absolute Gasteiger partial charge is 0.328 e. The molecule has 1 aromatic carbocycles. The van der Waals surface area contributed by atoms with Crippen LogP contribution in [0.3, 0.4) is 0 Å². The summed E-state index contributed by atoms with van der Waals surface area (Å²) < 4.78 is 0. The minimum absolute atomic E-state index is 0.0405. The lowest BCUT2D eigenvalue weighted by atomic mass is 10.1. The number of nitrogens with zero attached hydrogens (tertiary/aromatic N) is 1. The SMILES string of the molecule is N#CCc1ccc(NC(=O)C2CCC(N)C2)cc1. The number of benzene rings is 1. The normalized spacial score (nSPS) is 22.4. The first-order valence-corrected chi connectivity index (χ1v) is 6.21. The van der Waals surface area contributed by atoms with Crippen LogP contribution in [-0.2, 0) is 11.2 Å². The molecule has 4 nitrogen and oxygen atoms in total. The molecule has 94 valence electrons. The number of carbonyl (C=O) groups excluding carboxylic acids is 1. The van der Waals surface area contributed by atoms with Crippen molar-refractivity contribution in [3.05, 3.63) is 29.8 Å². The molecule has 0 saturated heterocycles. The highest BCUT2D eigenvalue weighted by Crippen LogP contribution is 2.25. The fourth-order valence-corrected chi connectivity index (χ4v) is 2.30. The molecule has 4 heteroatoms. The number of hydrogen-bond donors (Lipinski definition) is 2. The maximum atomic E-state index is 12.0. The molecule has 0 aliphatic heterocycles. The summed E-state index contributed by atoms with van der Waals surface area (Å²) >= 11 is 0. The maximum absolute atomic E-state index is 12.0. The van der Waals surface area contributed by atoms with Crippen molar-refractivity contribution >= 4 is 11.6 Å². The predicted octanol–water partition coefficient (Wildman–Crippen LogP) is 1.82. The first-order valence-electron chi connectivity index (χ1n) is 6.21. The Bertz CT molecular complexity index is 461.